The molecule has 21 heavy (non-hydrogen) atoms. The average molecular weight is 347 g/mol. The van der Waals surface area contributed by atoms with Gasteiger partial charge in [-0.05, 0) is 30.8 Å². The minimum atomic E-state index is -3.57. The highest BCUT2D eigenvalue weighted by atomic mass is 32.2. The van der Waals surface area contributed by atoms with Crippen molar-refractivity contribution < 1.29 is 8.42 Å². The lowest BCUT2D eigenvalue weighted by atomic mass is 10.1. The third kappa shape index (κ3) is 3.05. The van der Waals surface area contributed by atoms with Crippen LogP contribution in [0.4, 0.5) is 5.82 Å². The number of hydrogen-bond donors (Lipinski definition) is 2. The molecule has 1 saturated heterocycles. The molecule has 116 valence electrons. The number of thioether (sulfide) groups is 1. The summed E-state index contributed by atoms with van der Waals surface area (Å²) < 4.78 is 29.7. The molecule has 2 aromatic heterocycles. The molecule has 6 nitrogen and oxygen atoms in total. The Morgan fingerprint density at radius 3 is 3.10 bits per heavy atom. The molecule has 0 saturated carbocycles. The van der Waals surface area contributed by atoms with Gasteiger partial charge in [-0.15, -0.1) is 11.3 Å². The highest BCUT2D eigenvalue weighted by molar-refractivity contribution is 7.99. The first kappa shape index (κ1) is 15.1. The molecule has 0 spiro atoms. The number of aromatic nitrogens is 2. The number of sulfonamides is 1. The van der Waals surface area contributed by atoms with E-state index in [1.54, 1.807) is 10.6 Å². The fraction of sp³-hybridized carbons (Fsp3) is 0.583. The third-order valence-electron chi connectivity index (χ3n) is 3.40. The Hall–Kier alpha value is -0.770. The quantitative estimate of drug-likeness (QED) is 0.835. The Kier molecular flexibility index (Phi) is 4.43. The summed E-state index contributed by atoms with van der Waals surface area (Å²) in [7, 11) is -3.57. The van der Waals surface area contributed by atoms with E-state index >= 15 is 0 Å². The fourth-order valence-corrected chi connectivity index (χ4v) is 5.77. The van der Waals surface area contributed by atoms with Gasteiger partial charge in [0.25, 0.3) is 10.0 Å². The normalized spacial score (nSPS) is 19.4. The molecule has 0 radical (unpaired) electrons. The second-order valence-corrected chi connectivity index (χ2v) is 8.64. The van der Waals surface area contributed by atoms with E-state index < -0.39 is 10.0 Å². The number of rotatable bonds is 6. The lowest BCUT2D eigenvalue weighted by Crippen LogP contribution is -2.30. The smallest absolute Gasteiger partial charge is 0.260 e. The number of fused-ring (bicyclic) bond motifs is 1. The fourth-order valence-electron chi connectivity index (χ4n) is 2.34. The second-order valence-electron chi connectivity index (χ2n) is 4.93. The van der Waals surface area contributed by atoms with Crippen LogP contribution in [0.15, 0.2) is 16.6 Å². The van der Waals surface area contributed by atoms with Gasteiger partial charge >= 0.3 is 0 Å². The van der Waals surface area contributed by atoms with Gasteiger partial charge in [-0.3, -0.25) is 4.40 Å². The SMILES string of the molecule is CCNc1nc2sccn2c1S(=O)(=O)NCC1CCSC1. The Bertz CT molecular complexity index is 716. The highest BCUT2D eigenvalue weighted by Gasteiger charge is 2.27. The van der Waals surface area contributed by atoms with Crippen molar-refractivity contribution in [1.82, 2.24) is 14.1 Å². The molecule has 1 fully saturated rings. The van der Waals surface area contributed by atoms with Crippen LogP contribution in [0, 0.1) is 5.92 Å². The van der Waals surface area contributed by atoms with E-state index in [9.17, 15) is 8.42 Å². The summed E-state index contributed by atoms with van der Waals surface area (Å²) >= 11 is 3.31. The van der Waals surface area contributed by atoms with E-state index in [0.717, 1.165) is 17.9 Å². The summed E-state index contributed by atoms with van der Waals surface area (Å²) in [6, 6.07) is 0. The van der Waals surface area contributed by atoms with E-state index in [1.807, 2.05) is 24.1 Å². The molecule has 0 bridgehead atoms. The molecule has 1 atom stereocenters. The first-order chi connectivity index (χ1) is 10.1. The van der Waals surface area contributed by atoms with Gasteiger partial charge in [-0.1, -0.05) is 0 Å². The van der Waals surface area contributed by atoms with Crippen molar-refractivity contribution in [2.75, 3.05) is 29.9 Å². The number of thiazole rings is 1. The number of hydrogen-bond acceptors (Lipinski definition) is 6. The molecule has 3 rings (SSSR count). The lowest BCUT2D eigenvalue weighted by molar-refractivity contribution is 0.543. The predicted molar refractivity (Wildman–Crippen MR) is 87.9 cm³/mol. The average Bonchev–Trinajstić information content (AvgIpc) is 3.12. The number of anilines is 1. The zero-order valence-electron chi connectivity index (χ0n) is 11.7. The zero-order chi connectivity index (χ0) is 14.9. The highest BCUT2D eigenvalue weighted by Crippen LogP contribution is 2.27. The summed E-state index contributed by atoms with van der Waals surface area (Å²) in [5.41, 5.74) is 0. The van der Waals surface area contributed by atoms with E-state index in [4.69, 9.17) is 0 Å². The number of imidazole rings is 1. The largest absolute Gasteiger partial charge is 0.368 e. The van der Waals surface area contributed by atoms with Crippen molar-refractivity contribution in [3.8, 4) is 0 Å². The Labute approximate surface area is 132 Å². The molecular formula is C12H18N4O2S3. The molecule has 2 aromatic rings. The van der Waals surface area contributed by atoms with Crippen molar-refractivity contribution in [3.05, 3.63) is 11.6 Å². The zero-order valence-corrected chi connectivity index (χ0v) is 14.2. The van der Waals surface area contributed by atoms with E-state index in [0.29, 0.717) is 29.8 Å². The van der Waals surface area contributed by atoms with Crippen LogP contribution in [0.2, 0.25) is 0 Å². The van der Waals surface area contributed by atoms with Crippen molar-refractivity contribution in [3.63, 3.8) is 0 Å². The van der Waals surface area contributed by atoms with Crippen molar-refractivity contribution in [2.45, 2.75) is 18.4 Å². The minimum absolute atomic E-state index is 0.214. The van der Waals surface area contributed by atoms with Crippen molar-refractivity contribution in [2.24, 2.45) is 5.92 Å². The van der Waals surface area contributed by atoms with Crippen LogP contribution in [-0.4, -0.2) is 42.4 Å². The monoisotopic (exact) mass is 346 g/mol. The molecule has 9 heteroatoms. The molecule has 1 aliphatic rings. The Balaban J connectivity index is 1.89. The first-order valence-electron chi connectivity index (χ1n) is 6.88. The van der Waals surface area contributed by atoms with E-state index in [1.165, 1.54) is 11.3 Å². The van der Waals surface area contributed by atoms with Crippen LogP contribution in [-0.2, 0) is 10.0 Å². The lowest BCUT2D eigenvalue weighted by Gasteiger charge is -2.11. The van der Waals surface area contributed by atoms with Gasteiger partial charge in [0.05, 0.1) is 0 Å². The molecule has 0 amide bonds. The number of nitrogens with one attached hydrogen (secondary N) is 2. The van der Waals surface area contributed by atoms with Crippen LogP contribution in [0.1, 0.15) is 13.3 Å². The van der Waals surface area contributed by atoms with E-state index in [-0.39, 0.29) is 5.03 Å². The molecule has 2 N–H and O–H groups in total. The first-order valence-corrected chi connectivity index (χ1v) is 10.4. The summed E-state index contributed by atoms with van der Waals surface area (Å²) in [6.07, 6.45) is 2.82. The maximum absolute atomic E-state index is 12.6. The Morgan fingerprint density at radius 1 is 1.52 bits per heavy atom. The van der Waals surface area contributed by atoms with Crippen LogP contribution >= 0.6 is 23.1 Å². The van der Waals surface area contributed by atoms with Gasteiger partial charge < -0.3 is 5.32 Å². The minimum Gasteiger partial charge on any atom is -0.368 e. The standard InChI is InChI=1S/C12H18N4O2S3/c1-2-13-10-11(16-4-6-20-12(16)15-10)21(17,18)14-7-9-3-5-19-8-9/h4,6,9,13-14H,2-3,5,7-8H2,1H3. The van der Waals surface area contributed by atoms with Gasteiger partial charge in [0.2, 0.25) is 0 Å². The predicted octanol–water partition coefficient (Wildman–Crippen LogP) is 1.86. The van der Waals surface area contributed by atoms with Gasteiger partial charge in [0, 0.05) is 24.7 Å². The second kappa shape index (κ2) is 6.15. The maximum Gasteiger partial charge on any atom is 0.260 e. The molecule has 1 aliphatic heterocycles. The van der Waals surface area contributed by atoms with Gasteiger partial charge in [0.1, 0.15) is 0 Å². The van der Waals surface area contributed by atoms with Crippen LogP contribution in [0.5, 0.6) is 0 Å². The third-order valence-corrected chi connectivity index (χ3v) is 6.84. The van der Waals surface area contributed by atoms with Crippen molar-refractivity contribution in [1.29, 1.82) is 0 Å². The maximum atomic E-state index is 12.6. The van der Waals surface area contributed by atoms with Crippen molar-refractivity contribution >= 4 is 43.9 Å². The summed E-state index contributed by atoms with van der Waals surface area (Å²) in [5.74, 6) is 3.01. The van der Waals surface area contributed by atoms with Gasteiger partial charge in [-0.25, -0.2) is 18.1 Å². The van der Waals surface area contributed by atoms with Crippen LogP contribution in [0.25, 0.3) is 4.96 Å². The van der Waals surface area contributed by atoms with Gasteiger partial charge in [0.15, 0.2) is 15.8 Å². The molecular weight excluding hydrogens is 328 g/mol. The Morgan fingerprint density at radius 2 is 2.38 bits per heavy atom. The van der Waals surface area contributed by atoms with Crippen LogP contribution in [0.3, 0.4) is 0 Å². The topological polar surface area (TPSA) is 75.5 Å². The van der Waals surface area contributed by atoms with Crippen LogP contribution < -0.4 is 10.0 Å². The van der Waals surface area contributed by atoms with Gasteiger partial charge in [-0.2, -0.15) is 11.8 Å². The molecule has 3 heterocycles. The molecule has 1 unspecified atom stereocenters. The van der Waals surface area contributed by atoms with E-state index in [2.05, 4.69) is 15.0 Å². The summed E-state index contributed by atoms with van der Waals surface area (Å²) in [6.45, 7) is 3.05. The summed E-state index contributed by atoms with van der Waals surface area (Å²) in [4.78, 5) is 5.04. The molecule has 0 aromatic carbocycles. The number of nitrogens with zero attached hydrogens (tertiary/aromatic N) is 2. The summed E-state index contributed by atoms with van der Waals surface area (Å²) in [5, 5.41) is 5.09. The molecule has 0 aliphatic carbocycles.